The third kappa shape index (κ3) is 1.69. The summed E-state index contributed by atoms with van der Waals surface area (Å²) in [6, 6.07) is 7.74. The van der Waals surface area contributed by atoms with E-state index < -0.39 is 11.5 Å². The van der Waals surface area contributed by atoms with E-state index in [0.717, 1.165) is 11.1 Å². The first-order valence-electron chi connectivity index (χ1n) is 5.59. The number of Topliss-reactive ketones (excluding diaryl/α,β-unsaturated/α-hetero) is 1. The van der Waals surface area contributed by atoms with Gasteiger partial charge in [-0.25, -0.2) is 0 Å². The van der Waals surface area contributed by atoms with Gasteiger partial charge in [-0.1, -0.05) is 43.3 Å². The molecule has 2 rings (SSSR count). The molecule has 1 aliphatic carbocycles. The molecule has 2 atom stereocenters. The Morgan fingerprint density at radius 1 is 1.44 bits per heavy atom. The van der Waals surface area contributed by atoms with E-state index in [1.807, 2.05) is 37.3 Å². The Kier molecular flexibility index (Phi) is 2.68. The zero-order valence-corrected chi connectivity index (χ0v) is 9.60. The first-order valence-corrected chi connectivity index (χ1v) is 5.59. The van der Waals surface area contributed by atoms with Gasteiger partial charge in [0.2, 0.25) is 0 Å². The number of aliphatic hydroxyl groups is 1. The number of hydrogen-bond acceptors (Lipinski definition) is 2. The predicted molar refractivity (Wildman–Crippen MR) is 64.1 cm³/mol. The van der Waals surface area contributed by atoms with Gasteiger partial charge in [0, 0.05) is 6.42 Å². The lowest BCUT2D eigenvalue weighted by Crippen LogP contribution is -2.37. The first kappa shape index (κ1) is 11.1. The summed E-state index contributed by atoms with van der Waals surface area (Å²) in [5.41, 5.74) is 0.893. The molecule has 0 bridgehead atoms. The van der Waals surface area contributed by atoms with Gasteiger partial charge in [0.05, 0.1) is 11.5 Å². The fraction of sp³-hybridized carbons (Fsp3) is 0.357. The van der Waals surface area contributed by atoms with Crippen LogP contribution in [-0.4, -0.2) is 16.5 Å². The second-order valence-corrected chi connectivity index (χ2v) is 4.44. The Labute approximate surface area is 95.6 Å². The molecule has 2 nitrogen and oxygen atoms in total. The van der Waals surface area contributed by atoms with Gasteiger partial charge < -0.3 is 5.11 Å². The van der Waals surface area contributed by atoms with Crippen molar-refractivity contribution < 1.29 is 9.90 Å². The van der Waals surface area contributed by atoms with E-state index in [4.69, 9.17) is 0 Å². The Morgan fingerprint density at radius 3 is 2.81 bits per heavy atom. The lowest BCUT2D eigenvalue weighted by molar-refractivity contribution is -0.124. The maximum Gasteiger partial charge on any atom is 0.143 e. The largest absolute Gasteiger partial charge is 0.385 e. The summed E-state index contributed by atoms with van der Waals surface area (Å²) in [6.07, 6.45) is 4.05. The summed E-state index contributed by atoms with van der Waals surface area (Å²) in [5.74, 6) is -0.347. The number of fused-ring (bicyclic) bond motifs is 1. The minimum Gasteiger partial charge on any atom is -0.385 e. The van der Waals surface area contributed by atoms with Crippen molar-refractivity contribution in [2.24, 2.45) is 0 Å². The lowest BCUT2D eigenvalue weighted by Gasteiger charge is -2.33. The van der Waals surface area contributed by atoms with E-state index >= 15 is 0 Å². The molecule has 0 saturated carbocycles. The molecule has 1 N–H and O–H groups in total. The molecule has 1 aliphatic rings. The van der Waals surface area contributed by atoms with Crippen molar-refractivity contribution in [1.29, 1.82) is 0 Å². The fourth-order valence-corrected chi connectivity index (χ4v) is 2.30. The number of benzene rings is 1. The quantitative estimate of drug-likeness (QED) is 0.824. The molecule has 2 unspecified atom stereocenters. The van der Waals surface area contributed by atoms with Gasteiger partial charge in [-0.15, -0.1) is 0 Å². The molecule has 84 valence electrons. The van der Waals surface area contributed by atoms with Crippen molar-refractivity contribution in [3.05, 3.63) is 41.5 Å². The van der Waals surface area contributed by atoms with Gasteiger partial charge in [-0.2, -0.15) is 0 Å². The van der Waals surface area contributed by atoms with E-state index in [2.05, 4.69) is 0 Å². The molecular weight excluding hydrogens is 200 g/mol. The van der Waals surface area contributed by atoms with Crippen LogP contribution in [0.5, 0.6) is 0 Å². The van der Waals surface area contributed by atoms with Crippen LogP contribution in [-0.2, 0) is 4.79 Å². The number of ketones is 1. The van der Waals surface area contributed by atoms with Gasteiger partial charge in [0.25, 0.3) is 0 Å². The maximum absolute atomic E-state index is 12.0. The Morgan fingerprint density at radius 2 is 2.12 bits per heavy atom. The first-order chi connectivity index (χ1) is 7.56. The van der Waals surface area contributed by atoms with Crippen LogP contribution in [0.25, 0.3) is 6.08 Å². The molecule has 0 fully saturated rings. The maximum atomic E-state index is 12.0. The van der Waals surface area contributed by atoms with Crippen LogP contribution in [0.4, 0.5) is 0 Å². The third-order valence-corrected chi connectivity index (χ3v) is 3.16. The Bertz CT molecular complexity index is 444. The van der Waals surface area contributed by atoms with Gasteiger partial charge in [0.1, 0.15) is 5.78 Å². The molecule has 0 saturated heterocycles. The highest BCUT2D eigenvalue weighted by Gasteiger charge is 2.38. The molecule has 0 amide bonds. The van der Waals surface area contributed by atoms with Gasteiger partial charge >= 0.3 is 0 Å². The van der Waals surface area contributed by atoms with Gasteiger partial charge in [-0.3, -0.25) is 4.79 Å². The van der Waals surface area contributed by atoms with Gasteiger partial charge in [-0.05, 0) is 18.1 Å². The van der Waals surface area contributed by atoms with Crippen molar-refractivity contribution in [1.82, 2.24) is 0 Å². The number of rotatable bonds is 2. The van der Waals surface area contributed by atoms with E-state index in [-0.39, 0.29) is 5.78 Å². The van der Waals surface area contributed by atoms with Crippen LogP contribution in [0.3, 0.4) is 0 Å². The second-order valence-electron chi connectivity index (χ2n) is 4.44. The summed E-state index contributed by atoms with van der Waals surface area (Å²) in [7, 11) is 0. The SMILES string of the molecule is CCC(=O)C1c2ccccc2C=CC1(C)O. The van der Waals surface area contributed by atoms with Crippen LogP contribution in [0.2, 0.25) is 0 Å². The second kappa shape index (κ2) is 3.87. The molecule has 16 heavy (non-hydrogen) atoms. The molecular formula is C14H16O2. The minimum absolute atomic E-state index is 0.0850. The van der Waals surface area contributed by atoms with E-state index in [9.17, 15) is 9.90 Å². The number of carbonyl (C=O) groups is 1. The smallest absolute Gasteiger partial charge is 0.143 e. The molecule has 1 aromatic carbocycles. The van der Waals surface area contributed by atoms with Crippen molar-refractivity contribution in [3.63, 3.8) is 0 Å². The average molecular weight is 216 g/mol. The third-order valence-electron chi connectivity index (χ3n) is 3.16. The van der Waals surface area contributed by atoms with Gasteiger partial charge in [0.15, 0.2) is 0 Å². The van der Waals surface area contributed by atoms with E-state index in [1.165, 1.54) is 0 Å². The van der Waals surface area contributed by atoms with Crippen LogP contribution >= 0.6 is 0 Å². The van der Waals surface area contributed by atoms with Crippen LogP contribution in [0, 0.1) is 0 Å². The Balaban J connectivity index is 2.55. The highest BCUT2D eigenvalue weighted by molar-refractivity contribution is 5.89. The lowest BCUT2D eigenvalue weighted by atomic mass is 9.74. The normalized spacial score (nSPS) is 27.6. The van der Waals surface area contributed by atoms with Crippen LogP contribution in [0.1, 0.15) is 37.3 Å². The van der Waals surface area contributed by atoms with Crippen molar-refractivity contribution in [2.45, 2.75) is 31.8 Å². The highest BCUT2D eigenvalue weighted by atomic mass is 16.3. The van der Waals surface area contributed by atoms with Crippen LogP contribution in [0.15, 0.2) is 30.3 Å². The molecule has 0 spiro atoms. The fourth-order valence-electron chi connectivity index (χ4n) is 2.30. The zero-order valence-electron chi connectivity index (χ0n) is 9.60. The summed E-state index contributed by atoms with van der Waals surface area (Å²) in [4.78, 5) is 12.0. The highest BCUT2D eigenvalue weighted by Crippen LogP contribution is 2.37. The van der Waals surface area contributed by atoms with Crippen molar-refractivity contribution in [3.8, 4) is 0 Å². The van der Waals surface area contributed by atoms with E-state index in [1.54, 1.807) is 13.0 Å². The minimum atomic E-state index is -1.07. The van der Waals surface area contributed by atoms with Crippen molar-refractivity contribution >= 4 is 11.9 Å². The standard InChI is InChI=1S/C14H16O2/c1-3-12(15)13-11-7-5-4-6-10(11)8-9-14(13,2)16/h4-9,13,16H,3H2,1-2H3. The summed E-state index contributed by atoms with van der Waals surface area (Å²) in [6.45, 7) is 3.52. The number of carbonyl (C=O) groups excluding carboxylic acids is 1. The van der Waals surface area contributed by atoms with Crippen molar-refractivity contribution in [2.75, 3.05) is 0 Å². The molecule has 0 radical (unpaired) electrons. The summed E-state index contributed by atoms with van der Waals surface area (Å²) >= 11 is 0. The van der Waals surface area contributed by atoms with E-state index in [0.29, 0.717) is 6.42 Å². The molecule has 0 heterocycles. The van der Waals surface area contributed by atoms with Crippen LogP contribution < -0.4 is 0 Å². The average Bonchev–Trinajstić information content (AvgIpc) is 2.27. The topological polar surface area (TPSA) is 37.3 Å². The molecule has 1 aromatic rings. The molecule has 2 heteroatoms. The summed E-state index contributed by atoms with van der Waals surface area (Å²) < 4.78 is 0. The zero-order chi connectivity index (χ0) is 11.8. The predicted octanol–water partition coefficient (Wildman–Crippen LogP) is 2.53. The molecule has 0 aliphatic heterocycles. The summed E-state index contributed by atoms with van der Waals surface area (Å²) in [5, 5.41) is 10.3. The Hall–Kier alpha value is -1.41. The monoisotopic (exact) mass is 216 g/mol. The molecule has 0 aromatic heterocycles. The number of hydrogen-bond donors (Lipinski definition) is 1.